The van der Waals surface area contributed by atoms with Crippen LogP contribution in [-0.2, 0) is 17.9 Å². The number of hydrogen-bond donors (Lipinski definition) is 2. The van der Waals surface area contributed by atoms with Crippen molar-refractivity contribution in [2.75, 3.05) is 5.32 Å². The standard InChI is InChI=1S/C14H17BrN4O/c1-9-13(7-16)10(2)19(18-9)8-14(20)17-12-5-3-11(15)4-6-12/h3-6H,7-8,16H2,1-2H3,(H,17,20). The molecule has 0 saturated heterocycles. The predicted molar refractivity (Wildman–Crippen MR) is 82.4 cm³/mol. The maximum Gasteiger partial charge on any atom is 0.246 e. The topological polar surface area (TPSA) is 72.9 Å². The van der Waals surface area contributed by atoms with Crippen LogP contribution in [0.2, 0.25) is 0 Å². The molecule has 3 N–H and O–H groups in total. The maximum atomic E-state index is 12.0. The van der Waals surface area contributed by atoms with Gasteiger partial charge in [-0.2, -0.15) is 5.10 Å². The van der Waals surface area contributed by atoms with E-state index in [1.54, 1.807) is 4.68 Å². The van der Waals surface area contributed by atoms with Gasteiger partial charge in [0.25, 0.3) is 0 Å². The summed E-state index contributed by atoms with van der Waals surface area (Å²) >= 11 is 3.35. The van der Waals surface area contributed by atoms with E-state index in [0.29, 0.717) is 6.54 Å². The van der Waals surface area contributed by atoms with Gasteiger partial charge in [-0.3, -0.25) is 9.48 Å². The van der Waals surface area contributed by atoms with Gasteiger partial charge < -0.3 is 11.1 Å². The monoisotopic (exact) mass is 336 g/mol. The molecule has 2 aromatic rings. The summed E-state index contributed by atoms with van der Waals surface area (Å²) in [4.78, 5) is 12.0. The van der Waals surface area contributed by atoms with E-state index in [4.69, 9.17) is 5.73 Å². The van der Waals surface area contributed by atoms with Crippen LogP contribution in [0.3, 0.4) is 0 Å². The van der Waals surface area contributed by atoms with E-state index in [9.17, 15) is 4.79 Å². The Bertz CT molecular complexity index is 619. The number of benzene rings is 1. The summed E-state index contributed by atoms with van der Waals surface area (Å²) in [6.45, 7) is 4.45. The van der Waals surface area contributed by atoms with Crippen LogP contribution in [0.1, 0.15) is 17.0 Å². The summed E-state index contributed by atoms with van der Waals surface area (Å²) in [5.41, 5.74) is 9.26. The van der Waals surface area contributed by atoms with Crippen molar-refractivity contribution >= 4 is 27.5 Å². The highest BCUT2D eigenvalue weighted by Crippen LogP contribution is 2.15. The van der Waals surface area contributed by atoms with Crippen molar-refractivity contribution in [2.24, 2.45) is 5.73 Å². The lowest BCUT2D eigenvalue weighted by atomic mass is 10.2. The third-order valence-electron chi connectivity index (χ3n) is 3.16. The lowest BCUT2D eigenvalue weighted by Crippen LogP contribution is -2.20. The van der Waals surface area contributed by atoms with Crippen molar-refractivity contribution in [3.8, 4) is 0 Å². The van der Waals surface area contributed by atoms with E-state index in [2.05, 4.69) is 26.3 Å². The summed E-state index contributed by atoms with van der Waals surface area (Å²) in [5.74, 6) is -0.110. The summed E-state index contributed by atoms with van der Waals surface area (Å²) in [6.07, 6.45) is 0. The number of aryl methyl sites for hydroxylation is 1. The Balaban J connectivity index is 2.06. The van der Waals surface area contributed by atoms with E-state index in [1.165, 1.54) is 0 Å². The average Bonchev–Trinajstić information content (AvgIpc) is 2.67. The summed E-state index contributed by atoms with van der Waals surface area (Å²) in [6, 6.07) is 7.44. The Morgan fingerprint density at radius 3 is 2.55 bits per heavy atom. The molecule has 106 valence electrons. The number of rotatable bonds is 4. The van der Waals surface area contributed by atoms with Crippen LogP contribution in [0.15, 0.2) is 28.7 Å². The summed E-state index contributed by atoms with van der Waals surface area (Å²) in [5, 5.41) is 7.18. The molecule has 0 spiro atoms. The fraction of sp³-hybridized carbons (Fsp3) is 0.286. The zero-order chi connectivity index (χ0) is 14.7. The molecule has 0 aliphatic rings. The molecule has 5 nitrogen and oxygen atoms in total. The molecule has 0 aliphatic heterocycles. The van der Waals surface area contributed by atoms with Gasteiger partial charge in [0.15, 0.2) is 0 Å². The molecule has 20 heavy (non-hydrogen) atoms. The molecule has 6 heteroatoms. The zero-order valence-corrected chi connectivity index (χ0v) is 13.1. The molecular formula is C14H17BrN4O. The maximum absolute atomic E-state index is 12.0. The molecule has 1 amide bonds. The van der Waals surface area contributed by atoms with Crippen molar-refractivity contribution in [3.05, 3.63) is 45.7 Å². The number of carbonyl (C=O) groups is 1. The average molecular weight is 337 g/mol. The van der Waals surface area contributed by atoms with Crippen LogP contribution in [0.4, 0.5) is 5.69 Å². The second-order valence-electron chi connectivity index (χ2n) is 4.57. The predicted octanol–water partition coefficient (Wildman–Crippen LogP) is 2.36. The molecule has 0 bridgehead atoms. The van der Waals surface area contributed by atoms with Crippen LogP contribution in [-0.4, -0.2) is 15.7 Å². The van der Waals surface area contributed by atoms with Gasteiger partial charge in [0.05, 0.1) is 5.69 Å². The van der Waals surface area contributed by atoms with Gasteiger partial charge in [-0.15, -0.1) is 0 Å². The number of anilines is 1. The first kappa shape index (κ1) is 14.7. The number of nitrogens with two attached hydrogens (primary N) is 1. The molecule has 0 unspecified atom stereocenters. The second kappa shape index (κ2) is 6.19. The molecule has 0 aliphatic carbocycles. The van der Waals surface area contributed by atoms with Crippen molar-refractivity contribution in [1.29, 1.82) is 0 Å². The third kappa shape index (κ3) is 3.26. The van der Waals surface area contributed by atoms with Crippen molar-refractivity contribution in [3.63, 3.8) is 0 Å². The van der Waals surface area contributed by atoms with E-state index < -0.39 is 0 Å². The molecule has 0 fully saturated rings. The van der Waals surface area contributed by atoms with Crippen molar-refractivity contribution in [2.45, 2.75) is 26.9 Å². The first-order valence-corrected chi connectivity index (χ1v) is 7.09. The third-order valence-corrected chi connectivity index (χ3v) is 3.69. The molecule has 2 rings (SSSR count). The van der Waals surface area contributed by atoms with Gasteiger partial charge in [-0.1, -0.05) is 15.9 Å². The molecule has 1 aromatic carbocycles. The number of carbonyl (C=O) groups excluding carboxylic acids is 1. The van der Waals surface area contributed by atoms with Crippen LogP contribution in [0.25, 0.3) is 0 Å². The minimum absolute atomic E-state index is 0.110. The normalized spacial score (nSPS) is 10.6. The van der Waals surface area contributed by atoms with E-state index in [-0.39, 0.29) is 12.5 Å². The van der Waals surface area contributed by atoms with E-state index >= 15 is 0 Å². The number of aromatic nitrogens is 2. The van der Waals surface area contributed by atoms with Gasteiger partial charge in [-0.05, 0) is 38.1 Å². The molecule has 0 saturated carbocycles. The molecule has 1 aromatic heterocycles. The lowest BCUT2D eigenvalue weighted by molar-refractivity contribution is -0.116. The minimum Gasteiger partial charge on any atom is -0.326 e. The van der Waals surface area contributed by atoms with Gasteiger partial charge >= 0.3 is 0 Å². The van der Waals surface area contributed by atoms with Crippen LogP contribution >= 0.6 is 15.9 Å². The van der Waals surface area contributed by atoms with E-state index in [0.717, 1.165) is 27.1 Å². The lowest BCUT2D eigenvalue weighted by Gasteiger charge is -2.07. The first-order chi connectivity index (χ1) is 9.51. The Morgan fingerprint density at radius 1 is 1.35 bits per heavy atom. The molecular weight excluding hydrogens is 320 g/mol. The Morgan fingerprint density at radius 2 is 2.00 bits per heavy atom. The highest BCUT2D eigenvalue weighted by Gasteiger charge is 2.12. The number of hydrogen-bond acceptors (Lipinski definition) is 3. The van der Waals surface area contributed by atoms with Crippen molar-refractivity contribution in [1.82, 2.24) is 9.78 Å². The smallest absolute Gasteiger partial charge is 0.246 e. The first-order valence-electron chi connectivity index (χ1n) is 6.29. The van der Waals surface area contributed by atoms with Gasteiger partial charge in [0.2, 0.25) is 5.91 Å². The number of nitrogens with zero attached hydrogens (tertiary/aromatic N) is 2. The van der Waals surface area contributed by atoms with E-state index in [1.807, 2.05) is 38.1 Å². The van der Waals surface area contributed by atoms with Crippen LogP contribution in [0, 0.1) is 13.8 Å². The number of amides is 1. The van der Waals surface area contributed by atoms with Gasteiger partial charge in [0.1, 0.15) is 6.54 Å². The molecule has 0 radical (unpaired) electrons. The second-order valence-corrected chi connectivity index (χ2v) is 5.48. The SMILES string of the molecule is Cc1nn(CC(=O)Nc2ccc(Br)cc2)c(C)c1CN. The Hall–Kier alpha value is -1.66. The zero-order valence-electron chi connectivity index (χ0n) is 11.5. The number of nitrogens with one attached hydrogen (secondary N) is 1. The Kier molecular flexibility index (Phi) is 4.57. The van der Waals surface area contributed by atoms with Gasteiger partial charge in [-0.25, -0.2) is 0 Å². The quantitative estimate of drug-likeness (QED) is 0.900. The fourth-order valence-corrected chi connectivity index (χ4v) is 2.32. The summed E-state index contributed by atoms with van der Waals surface area (Å²) < 4.78 is 2.66. The molecule has 0 atom stereocenters. The highest BCUT2D eigenvalue weighted by atomic mass is 79.9. The number of halogens is 1. The fourth-order valence-electron chi connectivity index (χ4n) is 2.05. The van der Waals surface area contributed by atoms with Crippen LogP contribution < -0.4 is 11.1 Å². The Labute approximate surface area is 126 Å². The van der Waals surface area contributed by atoms with Crippen LogP contribution in [0.5, 0.6) is 0 Å². The van der Waals surface area contributed by atoms with Gasteiger partial charge in [0, 0.05) is 28.0 Å². The highest BCUT2D eigenvalue weighted by molar-refractivity contribution is 9.10. The largest absolute Gasteiger partial charge is 0.326 e. The molecule has 1 heterocycles. The minimum atomic E-state index is -0.110. The summed E-state index contributed by atoms with van der Waals surface area (Å²) in [7, 11) is 0. The van der Waals surface area contributed by atoms with Crippen molar-refractivity contribution < 1.29 is 4.79 Å².